The van der Waals surface area contributed by atoms with Gasteiger partial charge in [-0.25, -0.2) is 0 Å². The summed E-state index contributed by atoms with van der Waals surface area (Å²) in [5.41, 5.74) is 0. The number of halogens is 1. The molecule has 0 radical (unpaired) electrons. The van der Waals surface area contributed by atoms with Gasteiger partial charge in [-0.05, 0) is 51.4 Å². The maximum absolute atomic E-state index is 6.17. The minimum Gasteiger partial charge on any atom is -0.353 e. The molecule has 15 heavy (non-hydrogen) atoms. The van der Waals surface area contributed by atoms with Crippen molar-refractivity contribution in [1.29, 1.82) is 0 Å². The number of rotatable bonds is 5. The highest BCUT2D eigenvalue weighted by Gasteiger charge is 2.47. The van der Waals surface area contributed by atoms with E-state index in [1.807, 2.05) is 0 Å². The van der Waals surface area contributed by atoms with Crippen LogP contribution in [-0.4, -0.2) is 24.4 Å². The van der Waals surface area contributed by atoms with E-state index >= 15 is 0 Å². The van der Waals surface area contributed by atoms with Gasteiger partial charge in [0.15, 0.2) is 6.29 Å². The molecule has 3 unspecified atom stereocenters. The zero-order valence-corrected chi connectivity index (χ0v) is 10.3. The van der Waals surface area contributed by atoms with Crippen molar-refractivity contribution in [2.75, 3.05) is 13.2 Å². The van der Waals surface area contributed by atoms with Crippen molar-refractivity contribution in [3.05, 3.63) is 0 Å². The lowest BCUT2D eigenvalue weighted by Gasteiger charge is -2.22. The summed E-state index contributed by atoms with van der Waals surface area (Å²) in [6.07, 6.45) is 7.06. The van der Waals surface area contributed by atoms with Gasteiger partial charge in [0.05, 0.1) is 0 Å². The minimum absolute atomic E-state index is 0.0698. The molecule has 1 aliphatic carbocycles. The average molecular weight is 233 g/mol. The van der Waals surface area contributed by atoms with Crippen LogP contribution in [-0.2, 0) is 9.47 Å². The lowest BCUT2D eigenvalue weighted by atomic mass is 10.2. The molecule has 0 bridgehead atoms. The topological polar surface area (TPSA) is 18.5 Å². The van der Waals surface area contributed by atoms with Crippen molar-refractivity contribution in [2.45, 2.75) is 56.6 Å². The predicted octanol–water partition coefficient (Wildman–Crippen LogP) is 3.33. The molecule has 0 spiro atoms. The number of hydrogen-bond donors (Lipinski definition) is 0. The Morgan fingerprint density at radius 2 is 2.27 bits per heavy atom. The minimum atomic E-state index is 0.0698. The monoisotopic (exact) mass is 232 g/mol. The van der Waals surface area contributed by atoms with Crippen LogP contribution in [0.1, 0.15) is 45.4 Å². The zero-order chi connectivity index (χ0) is 10.7. The predicted molar refractivity (Wildman–Crippen MR) is 61.1 cm³/mol. The van der Waals surface area contributed by atoms with Crippen molar-refractivity contribution in [3.8, 4) is 0 Å². The van der Waals surface area contributed by atoms with Gasteiger partial charge in [0, 0.05) is 18.1 Å². The highest BCUT2D eigenvalue weighted by Crippen LogP contribution is 2.51. The molecule has 2 rings (SSSR count). The third kappa shape index (κ3) is 3.61. The fourth-order valence-corrected chi connectivity index (χ4v) is 2.51. The van der Waals surface area contributed by atoms with Crippen LogP contribution in [0.5, 0.6) is 0 Å². The van der Waals surface area contributed by atoms with Crippen LogP contribution in [0, 0.1) is 5.92 Å². The molecular weight excluding hydrogens is 212 g/mol. The molecule has 2 aliphatic rings. The Bertz CT molecular complexity index is 200. The molecule has 3 heteroatoms. The van der Waals surface area contributed by atoms with E-state index in [2.05, 4.69) is 6.92 Å². The van der Waals surface area contributed by atoms with Gasteiger partial charge in [-0.2, -0.15) is 0 Å². The molecule has 0 aromatic heterocycles. The van der Waals surface area contributed by atoms with Crippen LogP contribution in [0.15, 0.2) is 0 Å². The summed E-state index contributed by atoms with van der Waals surface area (Å²) >= 11 is 6.17. The van der Waals surface area contributed by atoms with Crippen LogP contribution >= 0.6 is 11.6 Å². The van der Waals surface area contributed by atoms with Crippen LogP contribution < -0.4 is 0 Å². The van der Waals surface area contributed by atoms with E-state index in [1.54, 1.807) is 0 Å². The van der Waals surface area contributed by atoms with Crippen molar-refractivity contribution in [1.82, 2.24) is 0 Å². The maximum Gasteiger partial charge on any atom is 0.157 e. The van der Waals surface area contributed by atoms with E-state index in [-0.39, 0.29) is 11.2 Å². The van der Waals surface area contributed by atoms with Gasteiger partial charge in [0.2, 0.25) is 0 Å². The molecule has 2 fully saturated rings. The fraction of sp³-hybridized carbons (Fsp3) is 1.00. The van der Waals surface area contributed by atoms with Crippen LogP contribution in [0.25, 0.3) is 0 Å². The molecule has 88 valence electrons. The second-order valence-corrected chi connectivity index (χ2v) is 5.85. The van der Waals surface area contributed by atoms with Crippen LogP contribution in [0.2, 0.25) is 0 Å². The van der Waals surface area contributed by atoms with E-state index in [0.717, 1.165) is 32.0 Å². The van der Waals surface area contributed by atoms with Gasteiger partial charge in [-0.3, -0.25) is 0 Å². The molecule has 0 aromatic rings. The van der Waals surface area contributed by atoms with Gasteiger partial charge in [0.1, 0.15) is 0 Å². The molecule has 2 nitrogen and oxygen atoms in total. The number of alkyl halides is 1. The Labute approximate surface area is 97.3 Å². The zero-order valence-electron chi connectivity index (χ0n) is 9.51. The number of hydrogen-bond acceptors (Lipinski definition) is 2. The summed E-state index contributed by atoms with van der Waals surface area (Å²) in [6, 6.07) is 0. The molecule has 1 saturated carbocycles. The Hall–Kier alpha value is 0.210. The van der Waals surface area contributed by atoms with Crippen molar-refractivity contribution < 1.29 is 9.47 Å². The van der Waals surface area contributed by atoms with E-state index in [0.29, 0.717) is 0 Å². The summed E-state index contributed by atoms with van der Waals surface area (Å²) in [4.78, 5) is 0.0986. The van der Waals surface area contributed by atoms with Crippen LogP contribution in [0.4, 0.5) is 0 Å². The highest BCUT2D eigenvalue weighted by molar-refractivity contribution is 6.25. The van der Waals surface area contributed by atoms with Gasteiger partial charge < -0.3 is 9.47 Å². The standard InChI is InChI=1S/C12H21ClO2/c1-12(13)9-10(12)5-4-8-15-11-6-2-3-7-14-11/h10-11H,2-9H2,1H3. The van der Waals surface area contributed by atoms with E-state index in [4.69, 9.17) is 21.1 Å². The first-order valence-corrected chi connectivity index (χ1v) is 6.48. The largest absolute Gasteiger partial charge is 0.353 e. The normalized spacial score (nSPS) is 40.4. The second kappa shape index (κ2) is 5.03. The van der Waals surface area contributed by atoms with E-state index < -0.39 is 0 Å². The second-order valence-electron chi connectivity index (χ2n) is 4.99. The Morgan fingerprint density at radius 1 is 1.47 bits per heavy atom. The Balaban J connectivity index is 1.48. The van der Waals surface area contributed by atoms with Crippen LogP contribution in [0.3, 0.4) is 0 Å². The Kier molecular flexibility index (Phi) is 3.92. The smallest absolute Gasteiger partial charge is 0.157 e. The summed E-state index contributed by atoms with van der Waals surface area (Å²) in [5.74, 6) is 0.718. The summed E-state index contributed by atoms with van der Waals surface area (Å²) in [7, 11) is 0. The third-order valence-corrected chi connectivity index (χ3v) is 3.94. The van der Waals surface area contributed by atoms with Crippen molar-refractivity contribution >= 4 is 11.6 Å². The summed E-state index contributed by atoms with van der Waals surface area (Å²) < 4.78 is 11.2. The lowest BCUT2D eigenvalue weighted by molar-refractivity contribution is -0.162. The average Bonchev–Trinajstić information content (AvgIpc) is 2.83. The van der Waals surface area contributed by atoms with E-state index in [9.17, 15) is 0 Å². The molecule has 0 N–H and O–H groups in total. The fourth-order valence-electron chi connectivity index (χ4n) is 2.21. The van der Waals surface area contributed by atoms with Gasteiger partial charge >= 0.3 is 0 Å². The van der Waals surface area contributed by atoms with Crippen molar-refractivity contribution in [2.24, 2.45) is 5.92 Å². The summed E-state index contributed by atoms with van der Waals surface area (Å²) in [5, 5.41) is 0. The molecule has 1 heterocycles. The van der Waals surface area contributed by atoms with Crippen molar-refractivity contribution in [3.63, 3.8) is 0 Å². The molecular formula is C12H21ClO2. The number of ether oxygens (including phenoxy) is 2. The first-order valence-electron chi connectivity index (χ1n) is 6.10. The third-order valence-electron chi connectivity index (χ3n) is 3.48. The molecule has 0 aromatic carbocycles. The van der Waals surface area contributed by atoms with Gasteiger partial charge in [-0.15, -0.1) is 11.6 Å². The van der Waals surface area contributed by atoms with E-state index in [1.165, 1.54) is 25.7 Å². The lowest BCUT2D eigenvalue weighted by Crippen LogP contribution is -2.22. The molecule has 0 amide bonds. The first-order chi connectivity index (χ1) is 7.18. The Morgan fingerprint density at radius 3 is 2.87 bits per heavy atom. The summed E-state index contributed by atoms with van der Waals surface area (Å²) in [6.45, 7) is 3.82. The molecule has 1 aliphatic heterocycles. The quantitative estimate of drug-likeness (QED) is 0.535. The SMILES string of the molecule is CC1(Cl)CC1CCCOC1CCCCO1. The first kappa shape index (κ1) is 11.7. The molecule has 3 atom stereocenters. The highest BCUT2D eigenvalue weighted by atomic mass is 35.5. The van der Waals surface area contributed by atoms with Gasteiger partial charge in [0.25, 0.3) is 0 Å². The maximum atomic E-state index is 6.17. The molecule has 1 saturated heterocycles. The van der Waals surface area contributed by atoms with Gasteiger partial charge in [-0.1, -0.05) is 0 Å².